The molecule has 0 spiro atoms. The number of ether oxygens (including phenoxy) is 2. The van der Waals surface area contributed by atoms with Crippen LogP contribution < -0.4 is 4.74 Å². The van der Waals surface area contributed by atoms with Crippen molar-refractivity contribution in [3.63, 3.8) is 0 Å². The van der Waals surface area contributed by atoms with Gasteiger partial charge in [-0.05, 0) is 6.07 Å². The van der Waals surface area contributed by atoms with Gasteiger partial charge in [0.1, 0.15) is 6.10 Å². The summed E-state index contributed by atoms with van der Waals surface area (Å²) in [7, 11) is 2.53. The molecule has 1 heterocycles. The molecule has 0 saturated heterocycles. The number of aromatic nitrogens is 2. The second-order valence-electron chi connectivity index (χ2n) is 2.91. The van der Waals surface area contributed by atoms with Crippen LogP contribution >= 0.6 is 0 Å². The molecule has 0 saturated carbocycles. The van der Waals surface area contributed by atoms with Crippen molar-refractivity contribution in [1.82, 2.24) is 10.2 Å². The standard InChI is InChI=1S/C9H12N2O5/c1-15-6-4-3-5(10-11-6)7(12)8(13)9(14)16-2/h3-4,7-8,12-13H,1-2H3. The summed E-state index contributed by atoms with van der Waals surface area (Å²) in [6.45, 7) is 0. The molecule has 0 aliphatic rings. The van der Waals surface area contributed by atoms with Crippen LogP contribution in [-0.4, -0.2) is 46.7 Å². The van der Waals surface area contributed by atoms with Gasteiger partial charge in [-0.1, -0.05) is 0 Å². The molecular weight excluding hydrogens is 216 g/mol. The van der Waals surface area contributed by atoms with Crippen molar-refractivity contribution in [1.29, 1.82) is 0 Å². The minimum Gasteiger partial charge on any atom is -0.480 e. The molecule has 7 nitrogen and oxygen atoms in total. The molecule has 7 heteroatoms. The van der Waals surface area contributed by atoms with Crippen LogP contribution in [0.2, 0.25) is 0 Å². The third kappa shape index (κ3) is 2.65. The number of carbonyl (C=O) groups excluding carboxylic acids is 1. The van der Waals surface area contributed by atoms with Crippen LogP contribution in [0, 0.1) is 0 Å². The van der Waals surface area contributed by atoms with E-state index in [4.69, 9.17) is 4.74 Å². The Balaban J connectivity index is 2.79. The summed E-state index contributed by atoms with van der Waals surface area (Å²) in [6.07, 6.45) is -3.17. The van der Waals surface area contributed by atoms with Gasteiger partial charge in [-0.25, -0.2) is 4.79 Å². The molecule has 0 bridgehead atoms. The fourth-order valence-corrected chi connectivity index (χ4v) is 1.01. The van der Waals surface area contributed by atoms with E-state index in [1.54, 1.807) is 0 Å². The van der Waals surface area contributed by atoms with Crippen LogP contribution in [0.15, 0.2) is 12.1 Å². The van der Waals surface area contributed by atoms with E-state index in [9.17, 15) is 15.0 Å². The zero-order chi connectivity index (χ0) is 12.1. The lowest BCUT2D eigenvalue weighted by atomic mass is 10.1. The van der Waals surface area contributed by atoms with Crippen molar-refractivity contribution in [3.05, 3.63) is 17.8 Å². The Labute approximate surface area is 91.6 Å². The van der Waals surface area contributed by atoms with Crippen molar-refractivity contribution in [2.75, 3.05) is 14.2 Å². The lowest BCUT2D eigenvalue weighted by Crippen LogP contribution is -2.29. The number of nitrogens with zero attached hydrogens (tertiary/aromatic N) is 2. The monoisotopic (exact) mass is 228 g/mol. The summed E-state index contributed by atoms with van der Waals surface area (Å²) in [5, 5.41) is 26.1. The Morgan fingerprint density at radius 1 is 1.31 bits per heavy atom. The predicted molar refractivity (Wildman–Crippen MR) is 51.6 cm³/mol. The van der Waals surface area contributed by atoms with Crippen LogP contribution in [0.5, 0.6) is 5.88 Å². The molecule has 2 unspecified atom stereocenters. The first-order valence-electron chi connectivity index (χ1n) is 4.41. The number of esters is 1. The first kappa shape index (κ1) is 12.3. The van der Waals surface area contributed by atoms with Crippen molar-refractivity contribution < 1.29 is 24.5 Å². The third-order valence-electron chi connectivity index (χ3n) is 1.91. The third-order valence-corrected chi connectivity index (χ3v) is 1.91. The summed E-state index contributed by atoms with van der Waals surface area (Å²) in [6, 6.07) is 2.85. The van der Waals surface area contributed by atoms with Gasteiger partial charge in [-0.3, -0.25) is 0 Å². The van der Waals surface area contributed by atoms with Crippen molar-refractivity contribution >= 4 is 5.97 Å². The smallest absolute Gasteiger partial charge is 0.337 e. The van der Waals surface area contributed by atoms with E-state index in [1.807, 2.05) is 0 Å². The highest BCUT2D eigenvalue weighted by Crippen LogP contribution is 2.16. The molecule has 0 fully saturated rings. The maximum Gasteiger partial charge on any atom is 0.337 e. The summed E-state index contributed by atoms with van der Waals surface area (Å²) < 4.78 is 9.05. The zero-order valence-electron chi connectivity index (χ0n) is 8.82. The average Bonchev–Trinajstić information content (AvgIpc) is 2.36. The molecule has 0 radical (unpaired) electrons. The Hall–Kier alpha value is -1.73. The quantitative estimate of drug-likeness (QED) is 0.640. The summed E-state index contributed by atoms with van der Waals surface area (Å²) in [5.41, 5.74) is 0.0544. The zero-order valence-corrected chi connectivity index (χ0v) is 8.82. The van der Waals surface area contributed by atoms with E-state index in [-0.39, 0.29) is 11.6 Å². The van der Waals surface area contributed by atoms with Gasteiger partial charge in [0.05, 0.1) is 19.9 Å². The second-order valence-corrected chi connectivity index (χ2v) is 2.91. The molecule has 0 amide bonds. The Bertz CT molecular complexity index is 353. The fraction of sp³-hybridized carbons (Fsp3) is 0.444. The summed E-state index contributed by atoms with van der Waals surface area (Å²) in [4.78, 5) is 10.9. The predicted octanol–water partition coefficient (Wildman–Crippen LogP) is -0.948. The van der Waals surface area contributed by atoms with Crippen molar-refractivity contribution in [3.8, 4) is 5.88 Å². The number of methoxy groups -OCH3 is 2. The van der Waals surface area contributed by atoms with E-state index in [0.29, 0.717) is 0 Å². The van der Waals surface area contributed by atoms with Gasteiger partial charge in [0.2, 0.25) is 5.88 Å². The Kier molecular flexibility index (Phi) is 4.15. The summed E-state index contributed by atoms with van der Waals surface area (Å²) in [5.74, 6) is -0.673. The topological polar surface area (TPSA) is 102 Å². The fourth-order valence-electron chi connectivity index (χ4n) is 1.01. The molecule has 0 aliphatic heterocycles. The first-order chi connectivity index (χ1) is 7.60. The van der Waals surface area contributed by atoms with Crippen LogP contribution in [0.4, 0.5) is 0 Å². The van der Waals surface area contributed by atoms with Gasteiger partial charge < -0.3 is 19.7 Å². The minimum atomic E-state index is -1.69. The average molecular weight is 228 g/mol. The highest BCUT2D eigenvalue weighted by Gasteiger charge is 2.27. The Morgan fingerprint density at radius 2 is 2.00 bits per heavy atom. The van der Waals surface area contributed by atoms with Gasteiger partial charge in [0, 0.05) is 6.07 Å². The second kappa shape index (κ2) is 5.38. The number of rotatable bonds is 4. The maximum absolute atomic E-state index is 10.9. The lowest BCUT2D eigenvalue weighted by Gasteiger charge is -2.14. The van der Waals surface area contributed by atoms with E-state index < -0.39 is 18.2 Å². The molecule has 88 valence electrons. The highest BCUT2D eigenvalue weighted by molar-refractivity contribution is 5.75. The van der Waals surface area contributed by atoms with Crippen LogP contribution in [-0.2, 0) is 9.53 Å². The molecule has 2 N–H and O–H groups in total. The van der Waals surface area contributed by atoms with E-state index in [1.165, 1.54) is 19.2 Å². The number of aliphatic hydroxyl groups is 2. The molecule has 2 atom stereocenters. The maximum atomic E-state index is 10.9. The van der Waals surface area contributed by atoms with Crippen molar-refractivity contribution in [2.24, 2.45) is 0 Å². The first-order valence-corrected chi connectivity index (χ1v) is 4.41. The number of aliphatic hydroxyl groups excluding tert-OH is 2. The highest BCUT2D eigenvalue weighted by atomic mass is 16.5. The number of hydrogen-bond acceptors (Lipinski definition) is 7. The molecule has 1 aromatic heterocycles. The van der Waals surface area contributed by atoms with Crippen LogP contribution in [0.3, 0.4) is 0 Å². The number of hydrogen-bond donors (Lipinski definition) is 2. The van der Waals surface area contributed by atoms with Crippen molar-refractivity contribution in [2.45, 2.75) is 12.2 Å². The van der Waals surface area contributed by atoms with E-state index in [0.717, 1.165) is 7.11 Å². The summed E-state index contributed by atoms with van der Waals surface area (Å²) >= 11 is 0. The van der Waals surface area contributed by atoms with Gasteiger partial charge >= 0.3 is 5.97 Å². The lowest BCUT2D eigenvalue weighted by molar-refractivity contribution is -0.157. The molecule has 1 aromatic rings. The number of carbonyl (C=O) groups is 1. The molecule has 0 aliphatic carbocycles. The molecule has 0 aromatic carbocycles. The van der Waals surface area contributed by atoms with E-state index >= 15 is 0 Å². The van der Waals surface area contributed by atoms with Crippen LogP contribution in [0.1, 0.15) is 11.8 Å². The molecule has 16 heavy (non-hydrogen) atoms. The van der Waals surface area contributed by atoms with Gasteiger partial charge in [-0.15, -0.1) is 10.2 Å². The van der Waals surface area contributed by atoms with Gasteiger partial charge in [-0.2, -0.15) is 0 Å². The minimum absolute atomic E-state index is 0.0544. The Morgan fingerprint density at radius 3 is 2.44 bits per heavy atom. The van der Waals surface area contributed by atoms with Gasteiger partial charge in [0.15, 0.2) is 6.10 Å². The molecular formula is C9H12N2O5. The van der Waals surface area contributed by atoms with E-state index in [2.05, 4.69) is 14.9 Å². The largest absolute Gasteiger partial charge is 0.480 e. The molecule has 1 rings (SSSR count). The normalized spacial score (nSPS) is 14.0. The SMILES string of the molecule is COC(=O)C(O)C(O)c1ccc(OC)nn1. The van der Waals surface area contributed by atoms with Crippen LogP contribution in [0.25, 0.3) is 0 Å². The van der Waals surface area contributed by atoms with Gasteiger partial charge in [0.25, 0.3) is 0 Å².